The zero-order valence-electron chi connectivity index (χ0n) is 20.1. The third-order valence-electron chi connectivity index (χ3n) is 6.14. The number of hydrogen-bond donors (Lipinski definition) is 2. The molecule has 0 amide bonds. The van der Waals surface area contributed by atoms with Crippen LogP contribution in [-0.4, -0.2) is 48.5 Å². The molecular formula is C27H28F3N5OS. The first-order valence-electron chi connectivity index (χ1n) is 11.8. The van der Waals surface area contributed by atoms with Crippen molar-refractivity contribution in [3.63, 3.8) is 0 Å². The van der Waals surface area contributed by atoms with E-state index in [4.69, 9.17) is 10.5 Å². The Morgan fingerprint density at radius 1 is 1.03 bits per heavy atom. The Morgan fingerprint density at radius 2 is 1.78 bits per heavy atom. The average Bonchev–Trinajstić information content (AvgIpc) is 2.88. The fourth-order valence-electron chi connectivity index (χ4n) is 4.27. The second-order valence-electron chi connectivity index (χ2n) is 8.72. The molecule has 1 atom stereocenters. The molecule has 37 heavy (non-hydrogen) atoms. The van der Waals surface area contributed by atoms with E-state index < -0.39 is 11.6 Å². The molecule has 3 N–H and O–H groups in total. The highest BCUT2D eigenvalue weighted by Gasteiger charge is 2.29. The minimum absolute atomic E-state index is 0.0362. The van der Waals surface area contributed by atoms with E-state index in [-0.39, 0.29) is 28.2 Å². The molecule has 1 fully saturated rings. The van der Waals surface area contributed by atoms with Crippen LogP contribution in [0.25, 0.3) is 0 Å². The number of hydrogen-bond acceptors (Lipinski definition) is 5. The molecule has 3 aromatic rings. The molecule has 1 saturated heterocycles. The third kappa shape index (κ3) is 7.28. The fourth-order valence-corrected chi connectivity index (χ4v) is 4.32. The van der Waals surface area contributed by atoms with E-state index in [9.17, 15) is 8.78 Å². The Labute approximate surface area is 219 Å². The molecule has 0 spiro atoms. The van der Waals surface area contributed by atoms with Crippen LogP contribution in [-0.2, 0) is 17.9 Å². The zero-order valence-corrected chi connectivity index (χ0v) is 20.9. The quantitative estimate of drug-likeness (QED) is 0.247. The predicted octanol–water partition coefficient (Wildman–Crippen LogP) is 4.18. The summed E-state index contributed by atoms with van der Waals surface area (Å²) in [5.41, 5.74) is 9.33. The van der Waals surface area contributed by atoms with Crippen molar-refractivity contribution in [2.75, 3.05) is 31.1 Å². The van der Waals surface area contributed by atoms with Crippen LogP contribution in [0.2, 0.25) is 0 Å². The normalized spacial score (nSPS) is 16.3. The average molecular weight is 528 g/mol. The summed E-state index contributed by atoms with van der Waals surface area (Å²) in [4.78, 5) is 3.91. The lowest BCUT2D eigenvalue weighted by Gasteiger charge is -2.42. The highest BCUT2D eigenvalue weighted by molar-refractivity contribution is 7.80. The van der Waals surface area contributed by atoms with Gasteiger partial charge >= 0.3 is 0 Å². The summed E-state index contributed by atoms with van der Waals surface area (Å²) in [7, 11) is 0. The molecule has 6 nitrogen and oxygen atoms in total. The summed E-state index contributed by atoms with van der Waals surface area (Å²) in [6.45, 7) is 2.51. The summed E-state index contributed by atoms with van der Waals surface area (Å²) >= 11 is 4.65. The van der Waals surface area contributed by atoms with E-state index in [2.05, 4.69) is 27.6 Å². The number of nitrogens with two attached hydrogens (primary N) is 1. The van der Waals surface area contributed by atoms with Crippen molar-refractivity contribution in [1.29, 1.82) is 0 Å². The van der Waals surface area contributed by atoms with Gasteiger partial charge in [0.05, 0.1) is 31.2 Å². The van der Waals surface area contributed by atoms with Gasteiger partial charge in [-0.15, -0.1) is 0 Å². The Balaban J connectivity index is 1.50. The van der Waals surface area contributed by atoms with Crippen molar-refractivity contribution >= 4 is 29.2 Å². The van der Waals surface area contributed by atoms with Crippen LogP contribution in [0.15, 0.2) is 71.8 Å². The minimum atomic E-state index is -0.629. The molecule has 0 unspecified atom stereocenters. The Hall–Kier alpha value is -3.47. The van der Waals surface area contributed by atoms with Crippen molar-refractivity contribution in [2.45, 2.75) is 19.2 Å². The van der Waals surface area contributed by atoms with Gasteiger partial charge in [0.2, 0.25) is 0 Å². The van der Waals surface area contributed by atoms with Gasteiger partial charge in [0.15, 0.2) is 5.11 Å². The number of anilines is 1. The number of thiocarbonyl (C=S) groups is 1. The maximum Gasteiger partial charge on any atom is 0.184 e. The standard InChI is InChI=1S/C27H28F3N5OS/c28-23-9-5-4-8-20(23)15-34-10-11-35(16-22(34)18-36-17-19-6-2-1-3-7-19)26-13-24(29)21(12-25(26)30)14-32-33-27(31)37/h1-9,12-14,22H,10-11,15-18H2,(H3,31,33,37)/b32-14+/t22-/m1/s1. The van der Waals surface area contributed by atoms with Gasteiger partial charge in [0.1, 0.15) is 17.5 Å². The Kier molecular flexibility index (Phi) is 9.10. The van der Waals surface area contributed by atoms with Gasteiger partial charge in [-0.1, -0.05) is 48.5 Å². The number of hydrazone groups is 1. The zero-order chi connectivity index (χ0) is 26.2. The first-order chi connectivity index (χ1) is 17.9. The van der Waals surface area contributed by atoms with E-state index in [0.29, 0.717) is 45.0 Å². The lowest BCUT2D eigenvalue weighted by molar-refractivity contribution is 0.0407. The number of nitrogens with one attached hydrogen (secondary N) is 1. The summed E-state index contributed by atoms with van der Waals surface area (Å²) in [5.74, 6) is -1.48. The number of halogens is 3. The second kappa shape index (κ2) is 12.7. The van der Waals surface area contributed by atoms with Crippen molar-refractivity contribution in [1.82, 2.24) is 10.3 Å². The monoisotopic (exact) mass is 527 g/mol. The van der Waals surface area contributed by atoms with E-state index in [1.54, 1.807) is 23.1 Å². The molecule has 3 aromatic carbocycles. The fraction of sp³-hybridized carbons (Fsp3) is 0.259. The number of ether oxygens (including phenoxy) is 1. The third-order valence-corrected chi connectivity index (χ3v) is 6.23. The van der Waals surface area contributed by atoms with Crippen LogP contribution < -0.4 is 16.1 Å². The molecule has 0 bridgehead atoms. The van der Waals surface area contributed by atoms with Gasteiger partial charge in [0, 0.05) is 43.4 Å². The largest absolute Gasteiger partial charge is 0.375 e. The first kappa shape index (κ1) is 26.6. The van der Waals surface area contributed by atoms with Crippen LogP contribution in [0.5, 0.6) is 0 Å². The van der Waals surface area contributed by atoms with E-state index >= 15 is 4.39 Å². The maximum absolute atomic E-state index is 15.1. The smallest absolute Gasteiger partial charge is 0.184 e. The summed E-state index contributed by atoms with van der Waals surface area (Å²) < 4.78 is 50.2. The molecular weight excluding hydrogens is 499 g/mol. The summed E-state index contributed by atoms with van der Waals surface area (Å²) in [6.07, 6.45) is 1.12. The van der Waals surface area contributed by atoms with Gasteiger partial charge in [0.25, 0.3) is 0 Å². The summed E-state index contributed by atoms with van der Waals surface area (Å²) in [6, 6.07) is 18.5. The molecule has 4 rings (SSSR count). The molecule has 0 aromatic heterocycles. The van der Waals surface area contributed by atoms with E-state index in [1.165, 1.54) is 6.07 Å². The minimum Gasteiger partial charge on any atom is -0.375 e. The van der Waals surface area contributed by atoms with Gasteiger partial charge in [-0.3, -0.25) is 10.3 Å². The SMILES string of the molecule is NC(=S)N/N=C/c1cc(F)c(N2CCN(Cc3ccccc3F)[C@@H](COCc3ccccc3)C2)cc1F. The molecule has 0 radical (unpaired) electrons. The highest BCUT2D eigenvalue weighted by Crippen LogP contribution is 2.26. The van der Waals surface area contributed by atoms with Gasteiger partial charge < -0.3 is 15.4 Å². The van der Waals surface area contributed by atoms with Crippen molar-refractivity contribution in [2.24, 2.45) is 10.8 Å². The van der Waals surface area contributed by atoms with Crippen LogP contribution in [0.3, 0.4) is 0 Å². The Bertz CT molecular complexity index is 1240. The Morgan fingerprint density at radius 3 is 2.54 bits per heavy atom. The second-order valence-corrected chi connectivity index (χ2v) is 9.16. The van der Waals surface area contributed by atoms with E-state index in [0.717, 1.165) is 23.9 Å². The number of rotatable bonds is 9. The molecule has 0 saturated carbocycles. The van der Waals surface area contributed by atoms with Crippen LogP contribution >= 0.6 is 12.2 Å². The highest BCUT2D eigenvalue weighted by atomic mass is 32.1. The summed E-state index contributed by atoms with van der Waals surface area (Å²) in [5, 5.41) is 3.62. The van der Waals surface area contributed by atoms with Crippen LogP contribution in [0, 0.1) is 17.5 Å². The molecule has 194 valence electrons. The van der Waals surface area contributed by atoms with E-state index in [1.807, 2.05) is 30.3 Å². The molecule has 1 heterocycles. The number of benzene rings is 3. The number of piperazine rings is 1. The number of nitrogens with zero attached hydrogens (tertiary/aromatic N) is 3. The van der Waals surface area contributed by atoms with Crippen molar-refractivity contribution < 1.29 is 17.9 Å². The predicted molar refractivity (Wildman–Crippen MR) is 143 cm³/mol. The lowest BCUT2D eigenvalue weighted by atomic mass is 10.1. The van der Waals surface area contributed by atoms with Gasteiger partial charge in [-0.25, -0.2) is 13.2 Å². The van der Waals surface area contributed by atoms with Crippen LogP contribution in [0.1, 0.15) is 16.7 Å². The topological polar surface area (TPSA) is 66.1 Å². The van der Waals surface area contributed by atoms with Crippen molar-refractivity contribution in [3.05, 3.63) is 101 Å². The van der Waals surface area contributed by atoms with Crippen molar-refractivity contribution in [3.8, 4) is 0 Å². The van der Waals surface area contributed by atoms with Gasteiger partial charge in [-0.05, 0) is 29.9 Å². The van der Waals surface area contributed by atoms with Gasteiger partial charge in [-0.2, -0.15) is 5.10 Å². The molecule has 1 aliphatic heterocycles. The molecule has 10 heteroatoms. The maximum atomic E-state index is 15.1. The molecule has 1 aliphatic rings. The van der Waals surface area contributed by atoms with Crippen LogP contribution in [0.4, 0.5) is 18.9 Å². The molecule has 0 aliphatic carbocycles. The first-order valence-corrected chi connectivity index (χ1v) is 12.2. The lowest BCUT2D eigenvalue weighted by Crippen LogP contribution is -2.55.